The van der Waals surface area contributed by atoms with Gasteiger partial charge in [-0.25, -0.2) is 0 Å². The molecule has 94 valence electrons. The monoisotopic (exact) mass is 464 g/mol. The molecule has 0 aromatic heterocycles. The van der Waals surface area contributed by atoms with Crippen molar-refractivity contribution in [1.29, 1.82) is 0 Å². The molecule has 1 aliphatic carbocycles. The summed E-state index contributed by atoms with van der Waals surface area (Å²) in [6, 6.07) is 17.4. The molecule has 0 atom stereocenters. The van der Waals surface area contributed by atoms with Crippen molar-refractivity contribution in [1.82, 2.24) is 0 Å². The second kappa shape index (κ2) is 5.46. The molecule has 0 amide bonds. The molecule has 0 saturated carbocycles. The van der Waals surface area contributed by atoms with Crippen LogP contribution in [0.3, 0.4) is 0 Å². The number of alkyl halides is 1. The van der Waals surface area contributed by atoms with Crippen LogP contribution in [0.25, 0.3) is 11.1 Å². The number of rotatable bonds is 3. The minimum atomic E-state index is -1.14. The van der Waals surface area contributed by atoms with E-state index in [1.165, 1.54) is 22.3 Å². The third-order valence-corrected chi connectivity index (χ3v) is 6.14. The first-order chi connectivity index (χ1) is 8.77. The van der Waals surface area contributed by atoms with E-state index in [1.54, 1.807) is 0 Å². The van der Waals surface area contributed by atoms with E-state index >= 15 is 0 Å². The molecule has 0 N–H and O–H groups in total. The molecule has 1 aliphatic rings. The molecular weight excluding hydrogens is 450 g/mol. The summed E-state index contributed by atoms with van der Waals surface area (Å²) in [4.78, 5) is 2.23. The predicted molar refractivity (Wildman–Crippen MR) is 93.6 cm³/mol. The van der Waals surface area contributed by atoms with Crippen LogP contribution >= 0.6 is 34.9 Å². The summed E-state index contributed by atoms with van der Waals surface area (Å²) in [6.45, 7) is 0.832. The summed E-state index contributed by atoms with van der Waals surface area (Å²) in [5.74, 6) is 0.423. The zero-order valence-corrected chi connectivity index (χ0v) is 14.4. The molecule has 0 unspecified atom stereocenters. The van der Waals surface area contributed by atoms with E-state index in [2.05, 4.69) is 72.1 Å². The third-order valence-electron chi connectivity index (χ3n) is 3.34. The topological polar surface area (TPSA) is 9.23 Å². The molecule has 3 heteroatoms. The SMILES string of the molecule is CI(I)OCC1c2ccccc2-c2ccccc21. The van der Waals surface area contributed by atoms with Crippen molar-refractivity contribution in [2.45, 2.75) is 5.92 Å². The van der Waals surface area contributed by atoms with Gasteiger partial charge in [0, 0.05) is 0 Å². The van der Waals surface area contributed by atoms with Gasteiger partial charge in [0.1, 0.15) is 0 Å². The maximum atomic E-state index is 5.98. The van der Waals surface area contributed by atoms with E-state index in [9.17, 15) is 0 Å². The Morgan fingerprint density at radius 2 is 1.50 bits per heavy atom. The van der Waals surface area contributed by atoms with Gasteiger partial charge in [0.15, 0.2) is 0 Å². The third kappa shape index (κ3) is 2.32. The first-order valence-electron chi connectivity index (χ1n) is 5.85. The molecule has 0 heterocycles. The second-order valence-electron chi connectivity index (χ2n) is 4.36. The van der Waals surface area contributed by atoms with Gasteiger partial charge in [0.2, 0.25) is 0 Å². The van der Waals surface area contributed by atoms with Crippen molar-refractivity contribution < 1.29 is 3.07 Å². The molecule has 18 heavy (non-hydrogen) atoms. The molecule has 2 aromatic rings. The van der Waals surface area contributed by atoms with Gasteiger partial charge in [-0.1, -0.05) is 0 Å². The van der Waals surface area contributed by atoms with Crippen LogP contribution in [-0.4, -0.2) is 11.5 Å². The van der Waals surface area contributed by atoms with Crippen molar-refractivity contribution >= 4 is 34.9 Å². The Kier molecular flexibility index (Phi) is 3.91. The van der Waals surface area contributed by atoms with Gasteiger partial charge in [-0.15, -0.1) is 0 Å². The van der Waals surface area contributed by atoms with E-state index in [-0.39, 0.29) is 0 Å². The van der Waals surface area contributed by atoms with Gasteiger partial charge in [-0.3, -0.25) is 0 Å². The van der Waals surface area contributed by atoms with E-state index in [0.717, 1.165) is 6.61 Å². The fraction of sp³-hybridized carbons (Fsp3) is 0.200. The molecule has 2 aromatic carbocycles. The first kappa shape index (κ1) is 12.9. The van der Waals surface area contributed by atoms with Crippen molar-refractivity contribution in [3.63, 3.8) is 0 Å². The van der Waals surface area contributed by atoms with Crippen LogP contribution in [0.1, 0.15) is 17.0 Å². The van der Waals surface area contributed by atoms with Crippen LogP contribution in [0.4, 0.5) is 0 Å². The minimum absolute atomic E-state index is 0.423. The predicted octanol–water partition coefficient (Wildman–Crippen LogP) is 5.22. The number of benzene rings is 2. The first-order valence-corrected chi connectivity index (χ1v) is 15.2. The van der Waals surface area contributed by atoms with Crippen molar-refractivity contribution in [2.24, 2.45) is 0 Å². The molecule has 1 nitrogen and oxygen atoms in total. The molecule has 0 radical (unpaired) electrons. The number of hydrogen-bond donors (Lipinski definition) is 0. The van der Waals surface area contributed by atoms with Crippen LogP contribution < -0.4 is 0 Å². The standard InChI is InChI=1S/C15H14I2O/c1-17(16)18-10-15-13-8-4-2-6-11(13)12-7-3-5-9-14(12)15/h2-9,15H,10H2,1H3. The van der Waals surface area contributed by atoms with Crippen LogP contribution in [0.15, 0.2) is 48.5 Å². The van der Waals surface area contributed by atoms with E-state index < -0.39 is 16.3 Å². The molecule has 0 spiro atoms. The Morgan fingerprint density at radius 1 is 1.00 bits per heavy atom. The number of halogens is 2. The molecule has 3 rings (SSSR count). The van der Waals surface area contributed by atoms with E-state index in [0.29, 0.717) is 5.92 Å². The average molecular weight is 464 g/mol. The van der Waals surface area contributed by atoms with Crippen molar-refractivity contribution in [3.05, 3.63) is 59.7 Å². The van der Waals surface area contributed by atoms with Crippen molar-refractivity contribution in [3.8, 4) is 11.1 Å². The summed E-state index contributed by atoms with van der Waals surface area (Å²) >= 11 is 1.32. The fourth-order valence-electron chi connectivity index (χ4n) is 2.59. The average Bonchev–Trinajstić information content (AvgIpc) is 2.71. The Hall–Kier alpha value is -0.140. The van der Waals surface area contributed by atoms with Crippen LogP contribution in [-0.2, 0) is 3.07 Å². The van der Waals surface area contributed by atoms with Crippen LogP contribution in [0.5, 0.6) is 0 Å². The molecule has 0 fully saturated rings. The Bertz CT molecular complexity index is 520. The quantitative estimate of drug-likeness (QED) is 0.448. The molecule has 0 saturated heterocycles. The van der Waals surface area contributed by atoms with Gasteiger partial charge in [0.25, 0.3) is 0 Å². The van der Waals surface area contributed by atoms with Gasteiger partial charge in [0.05, 0.1) is 0 Å². The number of fused-ring (bicyclic) bond motifs is 3. The Balaban J connectivity index is 2.03. The number of hydrogen-bond acceptors (Lipinski definition) is 1. The van der Waals surface area contributed by atoms with Gasteiger partial charge in [-0.2, -0.15) is 0 Å². The van der Waals surface area contributed by atoms with Gasteiger partial charge < -0.3 is 0 Å². The molecule has 0 aliphatic heterocycles. The zero-order valence-electron chi connectivity index (χ0n) is 10.1. The zero-order chi connectivity index (χ0) is 12.5. The summed E-state index contributed by atoms with van der Waals surface area (Å²) in [7, 11) is 0. The Morgan fingerprint density at radius 3 is 2.00 bits per heavy atom. The van der Waals surface area contributed by atoms with E-state index in [4.69, 9.17) is 3.07 Å². The van der Waals surface area contributed by atoms with Gasteiger partial charge in [-0.05, 0) is 0 Å². The maximum absolute atomic E-state index is 5.98. The van der Waals surface area contributed by atoms with Crippen molar-refractivity contribution in [2.75, 3.05) is 11.5 Å². The van der Waals surface area contributed by atoms with Gasteiger partial charge >= 0.3 is 126 Å². The van der Waals surface area contributed by atoms with Crippen LogP contribution in [0, 0.1) is 0 Å². The second-order valence-corrected chi connectivity index (χ2v) is 14.7. The summed E-state index contributed by atoms with van der Waals surface area (Å²) in [5, 5.41) is 0. The fourth-order valence-corrected chi connectivity index (χ4v) is 4.36. The Labute approximate surface area is 125 Å². The van der Waals surface area contributed by atoms with E-state index in [1.807, 2.05) is 0 Å². The summed E-state index contributed by atoms with van der Waals surface area (Å²) < 4.78 is 5.98. The normalized spacial score (nSPS) is 14.2. The molecule has 0 bridgehead atoms. The summed E-state index contributed by atoms with van der Waals surface area (Å²) in [6.07, 6.45) is 0. The van der Waals surface area contributed by atoms with Crippen LogP contribution in [0.2, 0.25) is 0 Å². The summed E-state index contributed by atoms with van der Waals surface area (Å²) in [5.41, 5.74) is 5.61. The molecular formula is C15H14I2O.